The third-order valence-electron chi connectivity index (χ3n) is 12.3. The molecule has 2 N–H and O–H groups in total. The van der Waals surface area contributed by atoms with Gasteiger partial charge in [-0.05, 0) is 133 Å². The van der Waals surface area contributed by atoms with Crippen LogP contribution < -0.4 is 5.32 Å². The molecule has 0 aromatic heterocycles. The number of hydrogen-bond donors (Lipinski definition) is 2. The van der Waals surface area contributed by atoms with E-state index >= 15 is 0 Å². The van der Waals surface area contributed by atoms with Crippen LogP contribution in [-0.2, 0) is 31.9 Å². The van der Waals surface area contributed by atoms with Crippen molar-refractivity contribution in [3.8, 4) is 5.75 Å². The lowest BCUT2D eigenvalue weighted by molar-refractivity contribution is -0.145. The Kier molecular flexibility index (Phi) is 14.1. The van der Waals surface area contributed by atoms with Crippen molar-refractivity contribution in [1.29, 1.82) is 0 Å². The van der Waals surface area contributed by atoms with Crippen LogP contribution in [0.25, 0.3) is 0 Å². The lowest BCUT2D eigenvalue weighted by Crippen LogP contribution is -2.52. The fourth-order valence-electron chi connectivity index (χ4n) is 9.02. The average molecular weight is 775 g/mol. The van der Waals surface area contributed by atoms with E-state index in [-0.39, 0.29) is 36.1 Å². The molecule has 2 aromatic carbocycles. The largest absolute Gasteiger partial charge is 0.507 e. The number of esters is 1. The molecule has 0 spiro atoms. The third-order valence-corrected chi connectivity index (χ3v) is 12.3. The number of phenols is 1. The summed E-state index contributed by atoms with van der Waals surface area (Å²) >= 11 is 0. The molecule has 0 radical (unpaired) electrons. The highest BCUT2D eigenvalue weighted by atomic mass is 16.6. The number of aryl methyl sites for hydroxylation is 2. The predicted molar refractivity (Wildman–Crippen MR) is 215 cm³/mol. The molecule has 4 amide bonds. The third kappa shape index (κ3) is 10.7. The van der Waals surface area contributed by atoms with Crippen LogP contribution >= 0.6 is 0 Å². The topological polar surface area (TPSA) is 135 Å². The van der Waals surface area contributed by atoms with E-state index in [0.29, 0.717) is 81.7 Å². The first kappa shape index (κ1) is 41.3. The number of carbonyl (C=O) groups excluding carboxylic acids is 4. The SMILES string of the molecule is Cc1cc(C[C@@H](OC(=O)N2CCC(N3CCc4ccccc4NC3=O)CC2)C(=O)N2CCC(C3CCN(CC(=O)OCCCN(C)C)CC3)CC2)cc(C)c1O. The highest BCUT2D eigenvalue weighted by Gasteiger charge is 2.37. The average Bonchev–Trinajstić information content (AvgIpc) is 3.36. The zero-order chi connectivity index (χ0) is 39.8. The number of aromatic hydroxyl groups is 1. The number of nitrogens with one attached hydrogen (secondary N) is 1. The first-order valence-corrected chi connectivity index (χ1v) is 20.7. The number of hydrogen-bond acceptors (Lipinski definition) is 9. The van der Waals surface area contributed by atoms with Crippen LogP contribution in [0.3, 0.4) is 0 Å². The lowest BCUT2D eigenvalue weighted by atomic mass is 9.78. The van der Waals surface area contributed by atoms with Gasteiger partial charge in [0.15, 0.2) is 6.10 Å². The van der Waals surface area contributed by atoms with E-state index in [1.165, 1.54) is 0 Å². The predicted octanol–water partition coefficient (Wildman–Crippen LogP) is 5.06. The lowest BCUT2D eigenvalue weighted by Gasteiger charge is -2.41. The normalized spacial score (nSPS) is 19.7. The van der Waals surface area contributed by atoms with E-state index in [0.717, 1.165) is 75.0 Å². The van der Waals surface area contributed by atoms with Gasteiger partial charge in [0.2, 0.25) is 0 Å². The molecule has 4 heterocycles. The summed E-state index contributed by atoms with van der Waals surface area (Å²) in [6.07, 6.45) is 5.40. The Labute approximate surface area is 332 Å². The molecule has 0 unspecified atom stereocenters. The maximum atomic E-state index is 14.2. The van der Waals surface area contributed by atoms with Gasteiger partial charge in [0.05, 0.1) is 13.2 Å². The van der Waals surface area contributed by atoms with Crippen molar-refractivity contribution >= 4 is 29.7 Å². The monoisotopic (exact) mass is 774 g/mol. The molecule has 1 atom stereocenters. The Balaban J connectivity index is 1.01. The number of benzene rings is 2. The molecular formula is C43H62N6O7. The summed E-state index contributed by atoms with van der Waals surface area (Å²) in [4.78, 5) is 63.2. The van der Waals surface area contributed by atoms with Crippen LogP contribution in [0.2, 0.25) is 0 Å². The molecule has 306 valence electrons. The van der Waals surface area contributed by atoms with E-state index < -0.39 is 12.2 Å². The van der Waals surface area contributed by atoms with Crippen molar-refractivity contribution in [1.82, 2.24) is 24.5 Å². The molecule has 13 nitrogen and oxygen atoms in total. The fourth-order valence-corrected chi connectivity index (χ4v) is 9.02. The Bertz CT molecular complexity index is 1660. The maximum absolute atomic E-state index is 14.2. The van der Waals surface area contributed by atoms with Gasteiger partial charge in [0.1, 0.15) is 5.75 Å². The highest BCUT2D eigenvalue weighted by molar-refractivity contribution is 5.91. The van der Waals surface area contributed by atoms with Crippen molar-refractivity contribution in [2.75, 3.05) is 84.9 Å². The summed E-state index contributed by atoms with van der Waals surface area (Å²) in [5, 5.41) is 13.5. The number of anilines is 1. The van der Waals surface area contributed by atoms with Crippen LogP contribution in [-0.4, -0.2) is 145 Å². The van der Waals surface area contributed by atoms with Gasteiger partial charge in [-0.3, -0.25) is 14.5 Å². The van der Waals surface area contributed by atoms with Gasteiger partial charge < -0.3 is 39.5 Å². The molecule has 13 heteroatoms. The first-order valence-electron chi connectivity index (χ1n) is 20.7. The van der Waals surface area contributed by atoms with E-state index in [1.807, 2.05) is 74.1 Å². The zero-order valence-electron chi connectivity index (χ0n) is 33.8. The number of ether oxygens (including phenoxy) is 2. The number of nitrogens with zero attached hydrogens (tertiary/aromatic N) is 5. The number of rotatable bonds is 12. The number of likely N-dealkylation sites (tertiary alicyclic amines) is 3. The molecule has 3 fully saturated rings. The quantitative estimate of drug-likeness (QED) is 0.224. The van der Waals surface area contributed by atoms with Gasteiger partial charge in [-0.1, -0.05) is 30.3 Å². The molecule has 4 aliphatic rings. The van der Waals surface area contributed by atoms with Crippen molar-refractivity contribution < 1.29 is 33.8 Å². The summed E-state index contributed by atoms with van der Waals surface area (Å²) < 4.78 is 11.5. The highest BCUT2D eigenvalue weighted by Crippen LogP contribution is 2.33. The molecule has 3 saturated heterocycles. The van der Waals surface area contributed by atoms with Gasteiger partial charge in [-0.25, -0.2) is 9.59 Å². The van der Waals surface area contributed by atoms with Crippen molar-refractivity contribution in [2.24, 2.45) is 11.8 Å². The number of phenolic OH excluding ortho intramolecular Hbond substituents is 1. The minimum atomic E-state index is -0.999. The second-order valence-corrected chi connectivity index (χ2v) is 16.6. The Morgan fingerprint density at radius 3 is 2.16 bits per heavy atom. The molecule has 4 aliphatic heterocycles. The van der Waals surface area contributed by atoms with Gasteiger partial charge in [-0.2, -0.15) is 0 Å². The van der Waals surface area contributed by atoms with Crippen LogP contribution in [0, 0.1) is 25.7 Å². The summed E-state index contributed by atoms with van der Waals surface area (Å²) in [5.74, 6) is 0.941. The summed E-state index contributed by atoms with van der Waals surface area (Å²) in [7, 11) is 4.02. The summed E-state index contributed by atoms with van der Waals surface area (Å²) in [6, 6.07) is 11.5. The van der Waals surface area contributed by atoms with Crippen molar-refractivity contribution in [3.05, 3.63) is 58.7 Å². The number of para-hydroxylation sites is 1. The minimum absolute atomic E-state index is 0.00169. The summed E-state index contributed by atoms with van der Waals surface area (Å²) in [6.45, 7) is 9.78. The van der Waals surface area contributed by atoms with E-state index in [2.05, 4.69) is 15.1 Å². The molecular weight excluding hydrogens is 713 g/mol. The summed E-state index contributed by atoms with van der Waals surface area (Å²) in [5.41, 5.74) is 4.22. The van der Waals surface area contributed by atoms with Crippen molar-refractivity contribution in [3.63, 3.8) is 0 Å². The standard InChI is InChI=1S/C43H62N6O7/c1-30-26-32(27-31(2)40(30)51)28-38(56-43(54)48-22-15-36(16-23-48)49-24-14-35-8-5-6-9-37(35)44-42(49)53)41(52)47-20-12-34(13-21-47)33-10-18-46(19-11-33)29-39(50)55-25-7-17-45(3)4/h5-6,8-9,26-27,33-34,36,38,51H,7,10-25,28-29H2,1-4H3,(H,44,53)/t38-/m1/s1. The van der Waals surface area contributed by atoms with Gasteiger partial charge >= 0.3 is 18.1 Å². The van der Waals surface area contributed by atoms with Gasteiger partial charge in [0, 0.05) is 57.4 Å². The number of amides is 4. The second kappa shape index (κ2) is 19.2. The number of carbonyl (C=O) groups is 4. The van der Waals surface area contributed by atoms with Gasteiger partial charge in [-0.15, -0.1) is 0 Å². The van der Waals surface area contributed by atoms with E-state index in [4.69, 9.17) is 9.47 Å². The van der Waals surface area contributed by atoms with E-state index in [1.54, 1.807) is 4.90 Å². The number of urea groups is 1. The van der Waals surface area contributed by atoms with E-state index in [9.17, 15) is 24.3 Å². The van der Waals surface area contributed by atoms with Crippen LogP contribution in [0.1, 0.15) is 67.2 Å². The molecule has 56 heavy (non-hydrogen) atoms. The van der Waals surface area contributed by atoms with Crippen LogP contribution in [0.5, 0.6) is 5.75 Å². The number of piperidine rings is 3. The Hall–Kier alpha value is -4.36. The second-order valence-electron chi connectivity index (χ2n) is 16.6. The first-order chi connectivity index (χ1) is 26.9. The van der Waals surface area contributed by atoms with Gasteiger partial charge in [0.25, 0.3) is 5.91 Å². The fraction of sp³-hybridized carbons (Fsp3) is 0.628. The Morgan fingerprint density at radius 1 is 0.875 bits per heavy atom. The molecule has 6 rings (SSSR count). The maximum Gasteiger partial charge on any atom is 0.410 e. The van der Waals surface area contributed by atoms with Crippen molar-refractivity contribution in [2.45, 2.75) is 83.8 Å². The molecule has 0 aliphatic carbocycles. The number of fused-ring (bicyclic) bond motifs is 1. The molecule has 0 bridgehead atoms. The molecule has 2 aromatic rings. The molecule has 0 saturated carbocycles. The zero-order valence-corrected chi connectivity index (χ0v) is 33.8. The van der Waals surface area contributed by atoms with Crippen LogP contribution in [0.15, 0.2) is 36.4 Å². The minimum Gasteiger partial charge on any atom is -0.507 e. The Morgan fingerprint density at radius 2 is 1.50 bits per heavy atom. The smallest absolute Gasteiger partial charge is 0.410 e. The van der Waals surface area contributed by atoms with Crippen LogP contribution in [0.4, 0.5) is 15.3 Å².